The summed E-state index contributed by atoms with van der Waals surface area (Å²) in [6, 6.07) is 0.688. The highest BCUT2D eigenvalue weighted by atomic mass is 35.5. The summed E-state index contributed by atoms with van der Waals surface area (Å²) in [6.07, 6.45) is 2.50. The fourth-order valence-corrected chi connectivity index (χ4v) is 2.92. The fourth-order valence-electron chi connectivity index (χ4n) is 1.56. The predicted octanol–water partition coefficient (Wildman–Crippen LogP) is 0.629. The molecule has 0 aliphatic heterocycles. The minimum Gasteiger partial charge on any atom is -0.299 e. The second kappa shape index (κ2) is 6.03. The number of nitrogens with one attached hydrogen (secondary N) is 1. The molecule has 0 spiro atoms. The van der Waals surface area contributed by atoms with Gasteiger partial charge in [0.25, 0.3) is 0 Å². The smallest absolute Gasteiger partial charge is 0.212 e. The van der Waals surface area contributed by atoms with Gasteiger partial charge in [0.15, 0.2) is 0 Å². The SMILES string of the molecule is CCN(CCNS(=O)(=O)CCCl)C1CC1. The summed E-state index contributed by atoms with van der Waals surface area (Å²) in [4.78, 5) is 2.31. The minimum absolute atomic E-state index is 0.00408. The standard InChI is InChI=1S/C9H19ClN2O2S/c1-2-12(9-3-4-9)7-6-11-15(13,14)8-5-10/h9,11H,2-8H2,1H3. The Labute approximate surface area is 97.0 Å². The van der Waals surface area contributed by atoms with Gasteiger partial charge in [-0.1, -0.05) is 6.92 Å². The Kier molecular flexibility index (Phi) is 5.32. The number of nitrogens with zero attached hydrogens (tertiary/aromatic N) is 1. The molecule has 4 nitrogen and oxygen atoms in total. The third-order valence-electron chi connectivity index (χ3n) is 2.54. The molecule has 0 heterocycles. The third-order valence-corrected chi connectivity index (χ3v) is 4.33. The largest absolute Gasteiger partial charge is 0.299 e. The first kappa shape index (κ1) is 13.2. The van der Waals surface area contributed by atoms with Crippen molar-refractivity contribution in [1.82, 2.24) is 9.62 Å². The summed E-state index contributed by atoms with van der Waals surface area (Å²) in [5.41, 5.74) is 0. The van der Waals surface area contributed by atoms with Crippen molar-refractivity contribution < 1.29 is 8.42 Å². The molecule has 90 valence electrons. The van der Waals surface area contributed by atoms with Crippen molar-refractivity contribution in [1.29, 1.82) is 0 Å². The molecule has 1 aliphatic carbocycles. The van der Waals surface area contributed by atoms with Crippen LogP contribution in [0.3, 0.4) is 0 Å². The van der Waals surface area contributed by atoms with E-state index in [0.29, 0.717) is 12.6 Å². The van der Waals surface area contributed by atoms with Crippen molar-refractivity contribution in [2.45, 2.75) is 25.8 Å². The van der Waals surface area contributed by atoms with Crippen LogP contribution in [0.1, 0.15) is 19.8 Å². The lowest BCUT2D eigenvalue weighted by Crippen LogP contribution is -2.37. The van der Waals surface area contributed by atoms with E-state index in [-0.39, 0.29) is 11.6 Å². The van der Waals surface area contributed by atoms with Crippen molar-refractivity contribution in [3.63, 3.8) is 0 Å². The van der Waals surface area contributed by atoms with E-state index >= 15 is 0 Å². The van der Waals surface area contributed by atoms with Gasteiger partial charge in [-0.15, -0.1) is 11.6 Å². The molecular weight excluding hydrogens is 236 g/mol. The van der Waals surface area contributed by atoms with Crippen LogP contribution in [-0.2, 0) is 10.0 Å². The third kappa shape index (κ3) is 5.15. The van der Waals surface area contributed by atoms with E-state index < -0.39 is 10.0 Å². The van der Waals surface area contributed by atoms with E-state index in [0.717, 1.165) is 13.1 Å². The van der Waals surface area contributed by atoms with Gasteiger partial charge in [-0.25, -0.2) is 13.1 Å². The number of halogens is 1. The first-order valence-electron chi connectivity index (χ1n) is 5.36. The molecule has 1 rings (SSSR count). The number of alkyl halides is 1. The zero-order chi connectivity index (χ0) is 11.3. The molecule has 1 N–H and O–H groups in total. The van der Waals surface area contributed by atoms with Crippen molar-refractivity contribution in [3.05, 3.63) is 0 Å². The number of sulfonamides is 1. The van der Waals surface area contributed by atoms with Crippen molar-refractivity contribution >= 4 is 21.6 Å². The van der Waals surface area contributed by atoms with Gasteiger partial charge < -0.3 is 0 Å². The molecule has 1 fully saturated rings. The second-order valence-electron chi connectivity index (χ2n) is 3.76. The van der Waals surface area contributed by atoms with Crippen LogP contribution in [0.5, 0.6) is 0 Å². The highest BCUT2D eigenvalue weighted by Crippen LogP contribution is 2.25. The zero-order valence-electron chi connectivity index (χ0n) is 9.08. The van der Waals surface area contributed by atoms with Gasteiger partial charge in [-0.3, -0.25) is 4.90 Å². The van der Waals surface area contributed by atoms with Gasteiger partial charge in [0, 0.05) is 25.0 Å². The monoisotopic (exact) mass is 254 g/mol. The van der Waals surface area contributed by atoms with Crippen LogP contribution in [0.25, 0.3) is 0 Å². The average Bonchev–Trinajstić information content (AvgIpc) is 2.95. The van der Waals surface area contributed by atoms with Gasteiger partial charge in [-0.2, -0.15) is 0 Å². The van der Waals surface area contributed by atoms with E-state index in [2.05, 4.69) is 16.5 Å². The van der Waals surface area contributed by atoms with Gasteiger partial charge in [0.1, 0.15) is 0 Å². The molecule has 15 heavy (non-hydrogen) atoms. The second-order valence-corrected chi connectivity index (χ2v) is 6.07. The average molecular weight is 255 g/mol. The van der Waals surface area contributed by atoms with E-state index in [1.165, 1.54) is 12.8 Å². The van der Waals surface area contributed by atoms with Crippen LogP contribution in [-0.4, -0.2) is 50.6 Å². The van der Waals surface area contributed by atoms with Crippen molar-refractivity contribution in [2.24, 2.45) is 0 Å². The summed E-state index contributed by atoms with van der Waals surface area (Å²) in [5.74, 6) is 0.152. The molecule has 0 unspecified atom stereocenters. The highest BCUT2D eigenvalue weighted by Gasteiger charge is 2.27. The number of hydrogen-bond acceptors (Lipinski definition) is 3. The Morgan fingerprint density at radius 1 is 1.47 bits per heavy atom. The maximum atomic E-state index is 11.3. The number of rotatable bonds is 8. The Morgan fingerprint density at radius 3 is 2.60 bits per heavy atom. The molecule has 0 radical (unpaired) electrons. The molecule has 0 saturated heterocycles. The van der Waals surface area contributed by atoms with Crippen LogP contribution in [0.2, 0.25) is 0 Å². The Hall–Kier alpha value is 0.160. The lowest BCUT2D eigenvalue weighted by atomic mass is 10.4. The summed E-state index contributed by atoms with van der Waals surface area (Å²) >= 11 is 5.39. The first-order chi connectivity index (χ1) is 7.09. The van der Waals surface area contributed by atoms with E-state index in [9.17, 15) is 8.42 Å². The molecule has 0 aromatic rings. The first-order valence-corrected chi connectivity index (χ1v) is 7.55. The Morgan fingerprint density at radius 2 is 2.13 bits per heavy atom. The van der Waals surface area contributed by atoms with Crippen LogP contribution >= 0.6 is 11.6 Å². The molecule has 0 bridgehead atoms. The predicted molar refractivity (Wildman–Crippen MR) is 62.8 cm³/mol. The molecule has 0 atom stereocenters. The van der Waals surface area contributed by atoms with E-state index in [4.69, 9.17) is 11.6 Å². The van der Waals surface area contributed by atoms with Crippen LogP contribution in [0.4, 0.5) is 0 Å². The van der Waals surface area contributed by atoms with Crippen LogP contribution in [0, 0.1) is 0 Å². The fraction of sp³-hybridized carbons (Fsp3) is 1.00. The number of hydrogen-bond donors (Lipinski definition) is 1. The molecule has 0 amide bonds. The normalized spacial score (nSPS) is 17.3. The molecule has 0 aromatic carbocycles. The van der Waals surface area contributed by atoms with Gasteiger partial charge in [0.05, 0.1) is 5.75 Å². The van der Waals surface area contributed by atoms with Gasteiger partial charge in [0.2, 0.25) is 10.0 Å². The zero-order valence-corrected chi connectivity index (χ0v) is 10.6. The van der Waals surface area contributed by atoms with Crippen molar-refractivity contribution in [2.75, 3.05) is 31.3 Å². The quantitative estimate of drug-likeness (QED) is 0.647. The van der Waals surface area contributed by atoms with E-state index in [1.807, 2.05) is 0 Å². The molecular formula is C9H19ClN2O2S. The van der Waals surface area contributed by atoms with Gasteiger partial charge >= 0.3 is 0 Å². The summed E-state index contributed by atoms with van der Waals surface area (Å²) < 4.78 is 25.1. The Balaban J connectivity index is 2.19. The van der Waals surface area contributed by atoms with Crippen LogP contribution < -0.4 is 4.72 Å². The Bertz CT molecular complexity index is 278. The molecule has 1 aliphatic rings. The highest BCUT2D eigenvalue weighted by molar-refractivity contribution is 7.89. The summed E-state index contributed by atoms with van der Waals surface area (Å²) in [5, 5.41) is 0. The van der Waals surface area contributed by atoms with Crippen molar-refractivity contribution in [3.8, 4) is 0 Å². The van der Waals surface area contributed by atoms with Gasteiger partial charge in [-0.05, 0) is 19.4 Å². The number of likely N-dealkylation sites (N-methyl/N-ethyl adjacent to an activating group) is 1. The molecule has 1 saturated carbocycles. The maximum absolute atomic E-state index is 11.3. The summed E-state index contributed by atoms with van der Waals surface area (Å²) in [6.45, 7) is 4.37. The lowest BCUT2D eigenvalue weighted by molar-refractivity contribution is 0.282. The topological polar surface area (TPSA) is 49.4 Å². The maximum Gasteiger partial charge on any atom is 0.212 e. The minimum atomic E-state index is -3.15. The van der Waals surface area contributed by atoms with E-state index in [1.54, 1.807) is 0 Å². The van der Waals surface area contributed by atoms with Crippen LogP contribution in [0.15, 0.2) is 0 Å². The molecule has 6 heteroatoms. The molecule has 0 aromatic heterocycles. The summed E-state index contributed by atoms with van der Waals surface area (Å²) in [7, 11) is -3.15. The lowest BCUT2D eigenvalue weighted by Gasteiger charge is -2.19.